The molecule has 0 aliphatic carbocycles. The molecule has 1 rings (SSSR count). The number of hydrogen-bond donors (Lipinski definition) is 0. The van der Waals surface area contributed by atoms with Crippen LogP contribution < -0.4 is 0 Å². The van der Waals surface area contributed by atoms with E-state index in [1.807, 2.05) is 6.92 Å². The van der Waals surface area contributed by atoms with Crippen molar-refractivity contribution in [3.05, 3.63) is 35.4 Å². The second-order valence-corrected chi connectivity index (χ2v) is 3.65. The fourth-order valence-corrected chi connectivity index (χ4v) is 1.34. The van der Waals surface area contributed by atoms with Crippen molar-refractivity contribution >= 4 is 5.78 Å². The molecule has 1 nitrogen and oxygen atoms in total. The summed E-state index contributed by atoms with van der Waals surface area (Å²) in [7, 11) is 0. The lowest BCUT2D eigenvalue weighted by Gasteiger charge is -2.13. The highest BCUT2D eigenvalue weighted by atomic mass is 19.3. The number of halogens is 2. The summed E-state index contributed by atoms with van der Waals surface area (Å²) in [6.45, 7) is 3.48. The fraction of sp³-hybridized carbons (Fsp3) is 0.417. The van der Waals surface area contributed by atoms with Crippen LogP contribution in [0.3, 0.4) is 0 Å². The third-order valence-electron chi connectivity index (χ3n) is 2.21. The van der Waals surface area contributed by atoms with E-state index >= 15 is 0 Å². The quantitative estimate of drug-likeness (QED) is 0.697. The highest BCUT2D eigenvalue weighted by molar-refractivity contribution is 6.01. The standard InChI is InChI=1S/C12H14F2O/c1-3-8-12(13,14)11(15)10-6-4-9(2)5-7-10/h4-7H,3,8H2,1-2H3. The van der Waals surface area contributed by atoms with Crippen LogP contribution in [0.4, 0.5) is 8.78 Å². The van der Waals surface area contributed by atoms with Crippen LogP contribution in [0.2, 0.25) is 0 Å². The Bertz CT molecular complexity index is 341. The Kier molecular flexibility index (Phi) is 3.56. The van der Waals surface area contributed by atoms with Gasteiger partial charge in [-0.3, -0.25) is 4.79 Å². The minimum absolute atomic E-state index is 0.0825. The van der Waals surface area contributed by atoms with E-state index in [1.54, 1.807) is 19.1 Å². The first-order chi connectivity index (χ1) is 6.97. The van der Waals surface area contributed by atoms with Gasteiger partial charge in [0.2, 0.25) is 5.78 Å². The average Bonchev–Trinajstić information content (AvgIpc) is 2.18. The highest BCUT2D eigenvalue weighted by Gasteiger charge is 2.37. The topological polar surface area (TPSA) is 17.1 Å². The van der Waals surface area contributed by atoms with Crippen molar-refractivity contribution in [2.24, 2.45) is 0 Å². The van der Waals surface area contributed by atoms with Crippen molar-refractivity contribution in [2.75, 3.05) is 0 Å². The molecular weight excluding hydrogens is 198 g/mol. The third-order valence-corrected chi connectivity index (χ3v) is 2.21. The van der Waals surface area contributed by atoms with E-state index in [0.29, 0.717) is 6.42 Å². The van der Waals surface area contributed by atoms with Gasteiger partial charge in [-0.1, -0.05) is 36.8 Å². The first-order valence-electron chi connectivity index (χ1n) is 4.96. The Morgan fingerprint density at radius 2 is 1.80 bits per heavy atom. The molecule has 0 aromatic heterocycles. The number of benzene rings is 1. The Morgan fingerprint density at radius 1 is 1.27 bits per heavy atom. The molecule has 0 unspecified atom stereocenters. The number of ketones is 1. The minimum Gasteiger partial charge on any atom is -0.287 e. The summed E-state index contributed by atoms with van der Waals surface area (Å²) in [5.41, 5.74) is 1.03. The predicted molar refractivity (Wildman–Crippen MR) is 55.4 cm³/mol. The van der Waals surface area contributed by atoms with Crippen molar-refractivity contribution in [3.63, 3.8) is 0 Å². The van der Waals surface area contributed by atoms with Gasteiger partial charge in [-0.2, -0.15) is 8.78 Å². The van der Waals surface area contributed by atoms with Gasteiger partial charge in [-0.05, 0) is 13.3 Å². The smallest absolute Gasteiger partial charge is 0.287 e. The molecule has 0 saturated carbocycles. The van der Waals surface area contributed by atoms with Crippen LogP contribution in [0.15, 0.2) is 24.3 Å². The van der Waals surface area contributed by atoms with Crippen LogP contribution >= 0.6 is 0 Å². The van der Waals surface area contributed by atoms with E-state index in [2.05, 4.69) is 0 Å². The van der Waals surface area contributed by atoms with Crippen LogP contribution in [0.1, 0.15) is 35.7 Å². The van der Waals surface area contributed by atoms with Crippen LogP contribution in [0, 0.1) is 6.92 Å². The second-order valence-electron chi connectivity index (χ2n) is 3.65. The van der Waals surface area contributed by atoms with Crippen LogP contribution in [-0.2, 0) is 0 Å². The molecule has 0 aliphatic rings. The first kappa shape index (κ1) is 11.8. The molecule has 0 atom stereocenters. The zero-order valence-corrected chi connectivity index (χ0v) is 8.89. The van der Waals surface area contributed by atoms with Gasteiger partial charge in [-0.15, -0.1) is 0 Å². The van der Waals surface area contributed by atoms with E-state index in [4.69, 9.17) is 0 Å². The number of rotatable bonds is 4. The minimum atomic E-state index is -3.23. The van der Waals surface area contributed by atoms with E-state index in [1.165, 1.54) is 12.1 Å². The highest BCUT2D eigenvalue weighted by Crippen LogP contribution is 2.25. The van der Waals surface area contributed by atoms with Crippen molar-refractivity contribution in [3.8, 4) is 0 Å². The number of Topliss-reactive ketones (excluding diaryl/α,β-unsaturated/α-hetero) is 1. The molecule has 0 amide bonds. The lowest BCUT2D eigenvalue weighted by Crippen LogP contribution is -2.28. The lowest BCUT2D eigenvalue weighted by atomic mass is 10.0. The molecule has 0 N–H and O–H groups in total. The van der Waals surface area contributed by atoms with Crippen LogP contribution in [0.25, 0.3) is 0 Å². The lowest BCUT2D eigenvalue weighted by molar-refractivity contribution is 0.00453. The molecule has 0 fully saturated rings. The maximum Gasteiger partial charge on any atom is 0.309 e. The zero-order chi connectivity index (χ0) is 11.5. The van der Waals surface area contributed by atoms with E-state index in [0.717, 1.165) is 5.56 Å². The van der Waals surface area contributed by atoms with Crippen molar-refractivity contribution in [1.29, 1.82) is 0 Å². The summed E-state index contributed by atoms with van der Waals surface area (Å²) < 4.78 is 26.5. The van der Waals surface area contributed by atoms with Gasteiger partial charge in [0.1, 0.15) is 0 Å². The van der Waals surface area contributed by atoms with Gasteiger partial charge >= 0.3 is 5.92 Å². The summed E-state index contributed by atoms with van der Waals surface area (Å²) in [4.78, 5) is 11.4. The van der Waals surface area contributed by atoms with E-state index in [9.17, 15) is 13.6 Å². The summed E-state index contributed by atoms with van der Waals surface area (Å²) in [6.07, 6.45) is -0.0929. The number of alkyl halides is 2. The SMILES string of the molecule is CCCC(F)(F)C(=O)c1ccc(C)cc1. The average molecular weight is 212 g/mol. The van der Waals surface area contributed by atoms with E-state index < -0.39 is 11.7 Å². The van der Waals surface area contributed by atoms with Gasteiger partial charge in [0, 0.05) is 12.0 Å². The number of hydrogen-bond acceptors (Lipinski definition) is 1. The molecular formula is C12H14F2O. The molecule has 0 aliphatic heterocycles. The zero-order valence-electron chi connectivity index (χ0n) is 8.89. The number of carbonyl (C=O) groups is 1. The second kappa shape index (κ2) is 4.51. The maximum atomic E-state index is 13.3. The summed E-state index contributed by atoms with van der Waals surface area (Å²) >= 11 is 0. The molecule has 15 heavy (non-hydrogen) atoms. The van der Waals surface area contributed by atoms with Gasteiger partial charge in [0.25, 0.3) is 0 Å². The molecule has 0 saturated heterocycles. The number of carbonyl (C=O) groups excluding carboxylic acids is 1. The molecule has 1 aromatic carbocycles. The molecule has 82 valence electrons. The Morgan fingerprint density at radius 3 is 2.27 bits per heavy atom. The van der Waals surface area contributed by atoms with Crippen LogP contribution in [0.5, 0.6) is 0 Å². The first-order valence-corrected chi connectivity index (χ1v) is 4.96. The Balaban J connectivity index is 2.89. The normalized spacial score (nSPS) is 11.5. The molecule has 0 heterocycles. The Labute approximate surface area is 88.1 Å². The molecule has 0 radical (unpaired) electrons. The molecule has 0 bridgehead atoms. The predicted octanol–water partition coefficient (Wildman–Crippen LogP) is 3.61. The maximum absolute atomic E-state index is 13.3. The van der Waals surface area contributed by atoms with Crippen molar-refractivity contribution in [1.82, 2.24) is 0 Å². The van der Waals surface area contributed by atoms with Gasteiger partial charge < -0.3 is 0 Å². The fourth-order valence-electron chi connectivity index (χ4n) is 1.34. The molecule has 3 heteroatoms. The Hall–Kier alpha value is -1.25. The summed E-state index contributed by atoms with van der Waals surface area (Å²) in [6, 6.07) is 6.22. The van der Waals surface area contributed by atoms with Gasteiger partial charge in [0.15, 0.2) is 0 Å². The van der Waals surface area contributed by atoms with Crippen LogP contribution in [-0.4, -0.2) is 11.7 Å². The summed E-state index contributed by atoms with van der Waals surface area (Å²) in [5.74, 6) is -4.31. The molecule has 0 spiro atoms. The van der Waals surface area contributed by atoms with Crippen molar-refractivity contribution in [2.45, 2.75) is 32.6 Å². The molecule has 1 aromatic rings. The van der Waals surface area contributed by atoms with E-state index in [-0.39, 0.29) is 12.0 Å². The van der Waals surface area contributed by atoms with Gasteiger partial charge in [-0.25, -0.2) is 0 Å². The summed E-state index contributed by atoms with van der Waals surface area (Å²) in [5, 5.41) is 0. The third kappa shape index (κ3) is 2.85. The van der Waals surface area contributed by atoms with Crippen molar-refractivity contribution < 1.29 is 13.6 Å². The monoisotopic (exact) mass is 212 g/mol. The number of aryl methyl sites for hydroxylation is 1. The largest absolute Gasteiger partial charge is 0.309 e. The van der Waals surface area contributed by atoms with Gasteiger partial charge in [0.05, 0.1) is 0 Å².